The van der Waals surface area contributed by atoms with Crippen molar-refractivity contribution in [3.63, 3.8) is 0 Å². The summed E-state index contributed by atoms with van der Waals surface area (Å²) < 4.78 is 12.0. The molecule has 0 spiro atoms. The molecule has 0 aliphatic heterocycles. The van der Waals surface area contributed by atoms with E-state index in [4.69, 9.17) is 14.9 Å². The van der Waals surface area contributed by atoms with Crippen molar-refractivity contribution in [2.45, 2.75) is 0 Å². The van der Waals surface area contributed by atoms with Crippen LogP contribution in [-0.2, 0) is 0 Å². The molecular formula is C14H11BrN2O2. The van der Waals surface area contributed by atoms with Gasteiger partial charge in [-0.2, -0.15) is 0 Å². The molecule has 0 fully saturated rings. The SMILES string of the molecule is COc1cc(Br)ccc1-c1nc2ccc(N)cc2o1. The molecule has 0 unspecified atom stereocenters. The summed E-state index contributed by atoms with van der Waals surface area (Å²) in [5.74, 6) is 1.22. The summed E-state index contributed by atoms with van der Waals surface area (Å²) in [4.78, 5) is 4.44. The fourth-order valence-corrected chi connectivity index (χ4v) is 2.24. The van der Waals surface area contributed by atoms with Crippen LogP contribution in [0.1, 0.15) is 0 Å². The second-order valence-electron chi connectivity index (χ2n) is 4.09. The smallest absolute Gasteiger partial charge is 0.231 e. The summed E-state index contributed by atoms with van der Waals surface area (Å²) in [6, 6.07) is 11.1. The molecule has 2 aromatic carbocycles. The molecule has 96 valence electrons. The third-order valence-electron chi connectivity index (χ3n) is 2.81. The number of nitrogens with two attached hydrogens (primary N) is 1. The van der Waals surface area contributed by atoms with Gasteiger partial charge in [0.25, 0.3) is 0 Å². The van der Waals surface area contributed by atoms with E-state index in [1.807, 2.05) is 24.3 Å². The number of nitrogens with zero attached hydrogens (tertiary/aromatic N) is 1. The van der Waals surface area contributed by atoms with Gasteiger partial charge < -0.3 is 14.9 Å². The second kappa shape index (κ2) is 4.59. The minimum atomic E-state index is 0.518. The van der Waals surface area contributed by atoms with Crippen LogP contribution < -0.4 is 10.5 Å². The van der Waals surface area contributed by atoms with E-state index in [9.17, 15) is 0 Å². The number of oxazole rings is 1. The average molecular weight is 319 g/mol. The first-order valence-electron chi connectivity index (χ1n) is 5.67. The van der Waals surface area contributed by atoms with Crippen LogP contribution in [0.5, 0.6) is 5.75 Å². The van der Waals surface area contributed by atoms with Gasteiger partial charge in [-0.25, -0.2) is 4.98 Å². The van der Waals surface area contributed by atoms with E-state index in [0.29, 0.717) is 22.9 Å². The van der Waals surface area contributed by atoms with Gasteiger partial charge in [0.05, 0.1) is 12.7 Å². The van der Waals surface area contributed by atoms with Gasteiger partial charge in [-0.3, -0.25) is 0 Å². The van der Waals surface area contributed by atoms with Gasteiger partial charge in [0, 0.05) is 16.2 Å². The average Bonchev–Trinajstić information content (AvgIpc) is 2.81. The predicted molar refractivity (Wildman–Crippen MR) is 78.1 cm³/mol. The van der Waals surface area contributed by atoms with Crippen molar-refractivity contribution in [1.29, 1.82) is 0 Å². The van der Waals surface area contributed by atoms with Crippen molar-refractivity contribution in [1.82, 2.24) is 4.98 Å². The number of fused-ring (bicyclic) bond motifs is 1. The van der Waals surface area contributed by atoms with Crippen molar-refractivity contribution in [2.75, 3.05) is 12.8 Å². The van der Waals surface area contributed by atoms with Gasteiger partial charge in [-0.1, -0.05) is 15.9 Å². The van der Waals surface area contributed by atoms with Crippen LogP contribution >= 0.6 is 15.9 Å². The molecule has 19 heavy (non-hydrogen) atoms. The Hall–Kier alpha value is -2.01. The maximum Gasteiger partial charge on any atom is 0.231 e. The van der Waals surface area contributed by atoms with Crippen molar-refractivity contribution in [2.24, 2.45) is 0 Å². The van der Waals surface area contributed by atoms with E-state index in [-0.39, 0.29) is 0 Å². The number of rotatable bonds is 2. The number of hydrogen-bond acceptors (Lipinski definition) is 4. The van der Waals surface area contributed by atoms with E-state index < -0.39 is 0 Å². The van der Waals surface area contributed by atoms with E-state index in [1.165, 1.54) is 0 Å². The molecule has 0 saturated carbocycles. The topological polar surface area (TPSA) is 61.3 Å². The Kier molecular flexibility index (Phi) is 2.91. The van der Waals surface area contributed by atoms with Crippen molar-refractivity contribution in [3.8, 4) is 17.2 Å². The van der Waals surface area contributed by atoms with Crippen molar-refractivity contribution in [3.05, 3.63) is 40.9 Å². The Balaban J connectivity index is 2.18. The Morgan fingerprint density at radius 3 is 2.84 bits per heavy atom. The van der Waals surface area contributed by atoms with Crippen LogP contribution in [0.25, 0.3) is 22.6 Å². The molecule has 2 N–H and O–H groups in total. The van der Waals surface area contributed by atoms with Gasteiger partial charge in [0.15, 0.2) is 5.58 Å². The van der Waals surface area contributed by atoms with Crippen LogP contribution in [0.4, 0.5) is 5.69 Å². The lowest BCUT2D eigenvalue weighted by Gasteiger charge is -2.05. The second-order valence-corrected chi connectivity index (χ2v) is 5.01. The number of halogens is 1. The summed E-state index contributed by atoms with van der Waals surface area (Å²) in [6.07, 6.45) is 0. The minimum absolute atomic E-state index is 0.518. The fourth-order valence-electron chi connectivity index (χ4n) is 1.90. The Labute approximate surface area is 118 Å². The summed E-state index contributed by atoms with van der Waals surface area (Å²) in [5.41, 5.74) is 8.62. The van der Waals surface area contributed by atoms with E-state index in [2.05, 4.69) is 20.9 Å². The predicted octanol–water partition coefficient (Wildman–Crippen LogP) is 3.85. The molecule has 0 aliphatic carbocycles. The number of benzene rings is 2. The maximum atomic E-state index is 5.73. The molecule has 1 aromatic heterocycles. The van der Waals surface area contributed by atoms with Crippen molar-refractivity contribution < 1.29 is 9.15 Å². The molecule has 0 amide bonds. The number of anilines is 1. The van der Waals surface area contributed by atoms with Gasteiger partial charge in [0.1, 0.15) is 11.3 Å². The molecule has 0 radical (unpaired) electrons. The lowest BCUT2D eigenvalue weighted by molar-refractivity contribution is 0.414. The number of aromatic nitrogens is 1. The summed E-state index contributed by atoms with van der Waals surface area (Å²) >= 11 is 3.41. The molecule has 4 nitrogen and oxygen atoms in total. The van der Waals surface area contributed by atoms with Crippen LogP contribution in [0.2, 0.25) is 0 Å². The van der Waals surface area contributed by atoms with Gasteiger partial charge >= 0.3 is 0 Å². The lowest BCUT2D eigenvalue weighted by Crippen LogP contribution is -1.87. The van der Waals surface area contributed by atoms with E-state index in [0.717, 1.165) is 15.6 Å². The molecule has 0 saturated heterocycles. The first kappa shape index (κ1) is 12.0. The number of ether oxygens (including phenoxy) is 1. The van der Waals surface area contributed by atoms with E-state index >= 15 is 0 Å². The van der Waals surface area contributed by atoms with Gasteiger partial charge in [-0.15, -0.1) is 0 Å². The Morgan fingerprint density at radius 1 is 1.21 bits per heavy atom. The van der Waals surface area contributed by atoms with E-state index in [1.54, 1.807) is 19.2 Å². The Morgan fingerprint density at radius 2 is 2.05 bits per heavy atom. The normalized spacial score (nSPS) is 10.8. The molecule has 0 atom stereocenters. The zero-order chi connectivity index (χ0) is 13.4. The number of methoxy groups -OCH3 is 1. The summed E-state index contributed by atoms with van der Waals surface area (Å²) in [5, 5.41) is 0. The molecule has 3 rings (SSSR count). The zero-order valence-corrected chi connectivity index (χ0v) is 11.8. The first-order valence-corrected chi connectivity index (χ1v) is 6.46. The van der Waals surface area contributed by atoms with Crippen LogP contribution in [-0.4, -0.2) is 12.1 Å². The fraction of sp³-hybridized carbons (Fsp3) is 0.0714. The maximum absolute atomic E-state index is 5.73. The third kappa shape index (κ3) is 2.17. The summed E-state index contributed by atoms with van der Waals surface area (Å²) in [7, 11) is 1.62. The standard InChI is InChI=1S/C14H11BrN2O2/c1-18-12-6-8(15)2-4-10(12)14-17-11-5-3-9(16)7-13(11)19-14/h2-7H,16H2,1H3. The molecular weight excluding hydrogens is 308 g/mol. The molecule has 1 heterocycles. The van der Waals surface area contributed by atoms with Gasteiger partial charge in [-0.05, 0) is 30.3 Å². The summed E-state index contributed by atoms with van der Waals surface area (Å²) in [6.45, 7) is 0. The quantitative estimate of drug-likeness (QED) is 0.729. The monoisotopic (exact) mass is 318 g/mol. The highest BCUT2D eigenvalue weighted by Gasteiger charge is 2.13. The first-order chi connectivity index (χ1) is 9.17. The molecule has 0 aliphatic rings. The third-order valence-corrected chi connectivity index (χ3v) is 3.30. The molecule has 0 bridgehead atoms. The lowest BCUT2D eigenvalue weighted by atomic mass is 10.2. The highest BCUT2D eigenvalue weighted by Crippen LogP contribution is 2.34. The highest BCUT2D eigenvalue weighted by atomic mass is 79.9. The number of hydrogen-bond donors (Lipinski definition) is 1. The Bertz CT molecular complexity index is 752. The zero-order valence-electron chi connectivity index (χ0n) is 10.2. The highest BCUT2D eigenvalue weighted by molar-refractivity contribution is 9.10. The van der Waals surface area contributed by atoms with Crippen LogP contribution in [0, 0.1) is 0 Å². The molecule has 3 aromatic rings. The largest absolute Gasteiger partial charge is 0.496 e. The molecule has 5 heteroatoms. The van der Waals surface area contributed by atoms with Crippen LogP contribution in [0.15, 0.2) is 45.3 Å². The van der Waals surface area contributed by atoms with Crippen LogP contribution in [0.3, 0.4) is 0 Å². The minimum Gasteiger partial charge on any atom is -0.496 e. The van der Waals surface area contributed by atoms with Crippen molar-refractivity contribution >= 4 is 32.7 Å². The number of nitrogen functional groups attached to an aromatic ring is 1. The van der Waals surface area contributed by atoms with Gasteiger partial charge in [0.2, 0.25) is 5.89 Å².